The Labute approximate surface area is 208 Å². The fraction of sp³-hybridized carbons (Fsp3) is 0.444. The van der Waals surface area contributed by atoms with Gasteiger partial charge in [-0.15, -0.1) is 0 Å². The first-order valence-corrected chi connectivity index (χ1v) is 22.0. The third-order valence-electron chi connectivity index (χ3n) is 7.53. The first-order valence-electron chi connectivity index (χ1n) is 12.0. The van der Waals surface area contributed by atoms with Gasteiger partial charge in [0.05, 0.1) is 0 Å². The average molecular weight is 588 g/mol. The Kier molecular flexibility index (Phi) is 7.06. The molecule has 0 N–H and O–H groups in total. The van der Waals surface area contributed by atoms with Crippen LogP contribution in [0.15, 0.2) is 63.1 Å². The van der Waals surface area contributed by atoms with Crippen LogP contribution in [0.2, 0.25) is 13.8 Å². The van der Waals surface area contributed by atoms with Crippen LogP contribution in [-0.2, 0) is 19.6 Å². The van der Waals surface area contributed by atoms with Gasteiger partial charge in [0.2, 0.25) is 0 Å². The van der Waals surface area contributed by atoms with Gasteiger partial charge in [-0.05, 0) is 0 Å². The molecule has 2 aromatic carbocycles. The predicted molar refractivity (Wildman–Crippen MR) is 138 cm³/mol. The molecule has 1 fully saturated rings. The Hall–Kier alpha value is -1.64. The van der Waals surface area contributed by atoms with E-state index in [0.717, 1.165) is 39.5 Å². The van der Waals surface area contributed by atoms with Gasteiger partial charge in [0.15, 0.2) is 0 Å². The molecule has 4 rings (SSSR count). The number of benzene rings is 2. The predicted octanol–water partition coefficient (Wildman–Crippen LogP) is 5.57. The van der Waals surface area contributed by atoms with Crippen molar-refractivity contribution in [1.82, 2.24) is 4.31 Å². The fourth-order valence-electron chi connectivity index (χ4n) is 5.82. The van der Waals surface area contributed by atoms with Crippen LogP contribution < -0.4 is 0 Å². The van der Waals surface area contributed by atoms with Gasteiger partial charge >= 0.3 is 209 Å². The number of aryl methyl sites for hydroxylation is 2. The number of hydrogen-bond donors (Lipinski definition) is 0. The van der Waals surface area contributed by atoms with Crippen molar-refractivity contribution < 1.29 is 17.9 Å². The minimum atomic E-state index is -3.83. The number of hydrogen-bond acceptors (Lipinski definition) is 4. The van der Waals surface area contributed by atoms with E-state index in [-0.39, 0.29) is 17.4 Å². The van der Waals surface area contributed by atoms with Crippen molar-refractivity contribution in [2.75, 3.05) is 13.7 Å². The van der Waals surface area contributed by atoms with Crippen molar-refractivity contribution in [3.05, 3.63) is 74.9 Å². The number of carbonyl (C=O) groups excluding carboxylic acids is 1. The fourth-order valence-corrected chi connectivity index (χ4v) is 20.6. The molecule has 1 unspecified atom stereocenters. The van der Waals surface area contributed by atoms with E-state index in [9.17, 15) is 13.2 Å². The molecule has 0 bridgehead atoms. The number of unbranched alkanes of at least 4 members (excludes halogenated alkanes) is 1. The number of methoxy groups -OCH3 is 1. The summed E-state index contributed by atoms with van der Waals surface area (Å²) < 4.78 is 39.2. The average Bonchev–Trinajstić information content (AvgIpc) is 3.28. The molecular formula is C27H35NO4SSn. The Morgan fingerprint density at radius 2 is 1.68 bits per heavy atom. The normalized spacial score (nSPS) is 26.9. The molecule has 2 aliphatic heterocycles. The summed E-state index contributed by atoms with van der Waals surface area (Å²) in [7, 11) is -2.41. The minimum absolute atomic E-state index is 0.239. The molecule has 0 amide bonds. The second kappa shape index (κ2) is 9.43. The van der Waals surface area contributed by atoms with E-state index in [4.69, 9.17) is 4.74 Å². The van der Waals surface area contributed by atoms with Crippen LogP contribution in [0.1, 0.15) is 42.5 Å². The Balaban J connectivity index is 1.91. The van der Waals surface area contributed by atoms with Crippen molar-refractivity contribution in [1.29, 1.82) is 0 Å². The molecular weight excluding hydrogens is 553 g/mol. The summed E-state index contributed by atoms with van der Waals surface area (Å²) in [6, 6.07) is 14.3. The van der Waals surface area contributed by atoms with E-state index < -0.39 is 39.9 Å². The summed E-state index contributed by atoms with van der Waals surface area (Å²) in [5, 5.41) is 0. The van der Waals surface area contributed by atoms with E-state index in [1.165, 1.54) is 11.5 Å². The van der Waals surface area contributed by atoms with Gasteiger partial charge in [0.1, 0.15) is 0 Å². The van der Waals surface area contributed by atoms with Crippen LogP contribution in [0.4, 0.5) is 0 Å². The Bertz CT molecular complexity index is 1210. The quantitative estimate of drug-likeness (QED) is 0.314. The molecule has 182 valence electrons. The maximum absolute atomic E-state index is 14.0. The molecule has 0 radical (unpaired) electrons. The second-order valence-corrected chi connectivity index (χ2v) is 24.8. The molecule has 3 atom stereocenters. The van der Waals surface area contributed by atoms with Gasteiger partial charge < -0.3 is 0 Å². The van der Waals surface area contributed by atoms with Gasteiger partial charge in [0, 0.05) is 0 Å². The Morgan fingerprint density at radius 3 is 2.24 bits per heavy atom. The molecule has 0 saturated carbocycles. The summed E-state index contributed by atoms with van der Waals surface area (Å²) >= 11 is -2.78. The van der Waals surface area contributed by atoms with Crippen LogP contribution in [0.25, 0.3) is 0 Å². The number of carbonyl (C=O) groups is 1. The first kappa shape index (κ1) is 25.5. The molecule has 1 saturated heterocycles. The second-order valence-electron chi connectivity index (χ2n) is 10.2. The summed E-state index contributed by atoms with van der Waals surface area (Å²) in [4.78, 5) is 16.3. The molecule has 2 aliphatic rings. The molecule has 7 heteroatoms. The van der Waals surface area contributed by atoms with Gasteiger partial charge in [-0.25, -0.2) is 0 Å². The molecule has 34 heavy (non-hydrogen) atoms. The molecule has 0 aromatic heterocycles. The topological polar surface area (TPSA) is 63.7 Å². The van der Waals surface area contributed by atoms with Gasteiger partial charge in [0.25, 0.3) is 0 Å². The van der Waals surface area contributed by atoms with Crippen molar-refractivity contribution >= 4 is 34.4 Å². The van der Waals surface area contributed by atoms with Crippen LogP contribution >= 0.6 is 0 Å². The maximum atomic E-state index is 14.0. The monoisotopic (exact) mass is 589 g/mol. The molecule has 5 nitrogen and oxygen atoms in total. The van der Waals surface area contributed by atoms with E-state index in [1.54, 1.807) is 16.4 Å². The van der Waals surface area contributed by atoms with Crippen LogP contribution in [0.3, 0.4) is 0 Å². The number of nitrogens with zero attached hydrogens (tertiary/aromatic N) is 1. The standard InChI is InChI=1S/C22H23NO4S.C4H9.CH3.Sn/c1-15-6-10-18(11-7-15)20-22(4,21(24)27-5)17(3)14-23(20)28(25,26)19-12-8-16(2)9-13-19;1-3-4-2;;/h3,6-13,20H,4,14H2,1-2,5H3;1,3-4H2,2H3;1H3;/t20-,22+;;;/m0.../s1. The Morgan fingerprint density at radius 1 is 1.09 bits per heavy atom. The SMILES string of the molecule is CCC[CH2][Sn]1([CH3])[CH]=C2CN(S(=O)(=O)c3ccc(C)cc3)[C@@H](c3ccc(C)cc3)[C@@]2(C(=O)OC)[CH2]1. The molecule has 2 heterocycles. The first-order chi connectivity index (χ1) is 16.1. The third kappa shape index (κ3) is 4.26. The summed E-state index contributed by atoms with van der Waals surface area (Å²) in [6.45, 7) is 6.38. The number of esters is 1. The van der Waals surface area contributed by atoms with Gasteiger partial charge in [-0.3, -0.25) is 0 Å². The van der Waals surface area contributed by atoms with Gasteiger partial charge in [-0.1, -0.05) is 0 Å². The zero-order valence-corrected chi connectivity index (χ0v) is 24.5. The number of ether oxygens (including phenoxy) is 1. The van der Waals surface area contributed by atoms with Crippen molar-refractivity contribution in [3.8, 4) is 0 Å². The number of sulfonamides is 1. The zero-order chi connectivity index (χ0) is 24.7. The van der Waals surface area contributed by atoms with Crippen LogP contribution in [0.5, 0.6) is 0 Å². The molecule has 0 spiro atoms. The van der Waals surface area contributed by atoms with Crippen molar-refractivity contribution in [2.24, 2.45) is 5.41 Å². The summed E-state index contributed by atoms with van der Waals surface area (Å²) in [5.74, 6) is -0.303. The summed E-state index contributed by atoms with van der Waals surface area (Å²) in [6.07, 6.45) is 2.27. The van der Waals surface area contributed by atoms with E-state index in [2.05, 4.69) is 16.0 Å². The summed E-state index contributed by atoms with van der Waals surface area (Å²) in [5.41, 5.74) is 2.95. The number of fused-ring (bicyclic) bond motifs is 1. The van der Waals surface area contributed by atoms with E-state index in [1.807, 2.05) is 50.2 Å². The molecule has 0 aliphatic carbocycles. The molecule has 2 aromatic rings. The van der Waals surface area contributed by atoms with Gasteiger partial charge in [-0.2, -0.15) is 0 Å². The van der Waals surface area contributed by atoms with Crippen molar-refractivity contribution in [3.63, 3.8) is 0 Å². The third-order valence-corrected chi connectivity index (χ3v) is 20.5. The van der Waals surface area contributed by atoms with Crippen LogP contribution in [-0.4, -0.2) is 50.7 Å². The number of rotatable bonds is 7. The zero-order valence-electron chi connectivity index (χ0n) is 20.8. The van der Waals surface area contributed by atoms with Crippen molar-refractivity contribution in [2.45, 2.75) is 58.4 Å². The van der Waals surface area contributed by atoms with E-state index >= 15 is 0 Å². The van der Waals surface area contributed by atoms with E-state index in [0.29, 0.717) is 0 Å². The van der Waals surface area contributed by atoms with Crippen LogP contribution in [0, 0.1) is 19.3 Å².